The van der Waals surface area contributed by atoms with Crippen molar-refractivity contribution in [3.63, 3.8) is 0 Å². The number of hydrogen-bond acceptors (Lipinski definition) is 3. The molecule has 1 amide bonds. The van der Waals surface area contributed by atoms with Crippen molar-refractivity contribution in [2.75, 3.05) is 0 Å². The van der Waals surface area contributed by atoms with Crippen LogP contribution in [0.4, 0.5) is 0 Å². The van der Waals surface area contributed by atoms with Gasteiger partial charge in [0.05, 0.1) is 5.56 Å². The molecule has 4 nitrogen and oxygen atoms in total. The highest BCUT2D eigenvalue weighted by molar-refractivity contribution is 5.94. The molecule has 0 saturated carbocycles. The van der Waals surface area contributed by atoms with Crippen LogP contribution in [0.2, 0.25) is 0 Å². The zero-order chi connectivity index (χ0) is 14.7. The number of amides is 1. The highest BCUT2D eigenvalue weighted by Crippen LogP contribution is 2.26. The summed E-state index contributed by atoms with van der Waals surface area (Å²) in [7, 11) is 0. The number of carbonyl (C=O) groups is 1. The molecule has 4 heteroatoms. The van der Waals surface area contributed by atoms with Crippen molar-refractivity contribution in [2.24, 2.45) is 0 Å². The van der Waals surface area contributed by atoms with Gasteiger partial charge in [0, 0.05) is 24.5 Å². The van der Waals surface area contributed by atoms with Gasteiger partial charge >= 0.3 is 0 Å². The van der Waals surface area contributed by atoms with E-state index < -0.39 is 0 Å². The van der Waals surface area contributed by atoms with E-state index in [-0.39, 0.29) is 18.2 Å². The molecule has 0 bridgehead atoms. The Balaban J connectivity index is 1.86. The number of hydrogen-bond donors (Lipinski definition) is 2. The number of fused-ring (bicyclic) bond motifs is 1. The molecule has 104 valence electrons. The average Bonchev–Trinajstić information content (AvgIpc) is 2.54. The molecule has 1 aromatic heterocycles. The second kappa shape index (κ2) is 5.63. The molecule has 0 atom stereocenters. The average molecular weight is 278 g/mol. The van der Waals surface area contributed by atoms with E-state index in [1.54, 1.807) is 24.4 Å². The Morgan fingerprint density at radius 1 is 1.10 bits per heavy atom. The number of nitrogens with one attached hydrogen (secondary N) is 1. The van der Waals surface area contributed by atoms with Gasteiger partial charge in [0.2, 0.25) is 0 Å². The molecule has 0 radical (unpaired) electrons. The predicted molar refractivity (Wildman–Crippen MR) is 81.0 cm³/mol. The number of carbonyl (C=O) groups excluding carboxylic acids is 1. The summed E-state index contributed by atoms with van der Waals surface area (Å²) in [5.74, 6) is -0.0318. The maximum atomic E-state index is 12.0. The van der Waals surface area contributed by atoms with E-state index in [9.17, 15) is 9.90 Å². The number of rotatable bonds is 3. The van der Waals surface area contributed by atoms with Gasteiger partial charge in [-0.15, -0.1) is 0 Å². The van der Waals surface area contributed by atoms with Crippen LogP contribution in [0, 0.1) is 0 Å². The van der Waals surface area contributed by atoms with Crippen LogP contribution in [0.5, 0.6) is 5.75 Å². The Morgan fingerprint density at radius 3 is 2.76 bits per heavy atom. The molecule has 0 aliphatic carbocycles. The third-order valence-corrected chi connectivity index (χ3v) is 3.37. The molecule has 0 aliphatic rings. The highest BCUT2D eigenvalue weighted by Gasteiger charge is 2.09. The maximum absolute atomic E-state index is 12.0. The first-order valence-electron chi connectivity index (χ1n) is 6.63. The van der Waals surface area contributed by atoms with Crippen LogP contribution >= 0.6 is 0 Å². The molecule has 1 heterocycles. The zero-order valence-electron chi connectivity index (χ0n) is 11.3. The third-order valence-electron chi connectivity index (χ3n) is 3.37. The normalized spacial score (nSPS) is 10.5. The van der Waals surface area contributed by atoms with Gasteiger partial charge in [-0.2, -0.15) is 0 Å². The Kier molecular flexibility index (Phi) is 3.51. The van der Waals surface area contributed by atoms with Crippen molar-refractivity contribution in [1.82, 2.24) is 10.3 Å². The van der Waals surface area contributed by atoms with Crippen LogP contribution in [0.3, 0.4) is 0 Å². The predicted octanol–water partition coefficient (Wildman–Crippen LogP) is 2.87. The second-order valence-electron chi connectivity index (χ2n) is 4.71. The lowest BCUT2D eigenvalue weighted by Gasteiger charge is -2.10. The molecule has 0 spiro atoms. The van der Waals surface area contributed by atoms with Gasteiger partial charge in [0.25, 0.3) is 5.91 Å². The number of aromatic hydroxyl groups is 1. The monoisotopic (exact) mass is 278 g/mol. The number of benzene rings is 2. The summed E-state index contributed by atoms with van der Waals surface area (Å²) in [6.45, 7) is 0.265. The van der Waals surface area contributed by atoms with Crippen LogP contribution in [-0.2, 0) is 6.54 Å². The number of nitrogens with zero attached hydrogens (tertiary/aromatic N) is 1. The summed E-state index contributed by atoms with van der Waals surface area (Å²) in [6.07, 6.45) is 3.13. The molecule has 0 aliphatic heterocycles. The van der Waals surface area contributed by atoms with Gasteiger partial charge in [-0.1, -0.05) is 30.3 Å². The lowest BCUT2D eigenvalue weighted by molar-refractivity contribution is 0.0950. The van der Waals surface area contributed by atoms with Crippen LogP contribution < -0.4 is 5.32 Å². The molecule has 0 saturated heterocycles. The Morgan fingerprint density at radius 2 is 1.95 bits per heavy atom. The summed E-state index contributed by atoms with van der Waals surface area (Å²) >= 11 is 0. The maximum Gasteiger partial charge on any atom is 0.253 e. The molecule has 2 aromatic carbocycles. The Bertz CT molecular complexity index is 785. The van der Waals surface area contributed by atoms with Crippen molar-refractivity contribution < 1.29 is 9.90 Å². The van der Waals surface area contributed by atoms with Crippen molar-refractivity contribution in [1.29, 1.82) is 0 Å². The Hall–Kier alpha value is -2.88. The van der Waals surface area contributed by atoms with Gasteiger partial charge in [-0.3, -0.25) is 9.78 Å². The minimum Gasteiger partial charge on any atom is -0.508 e. The molecule has 3 aromatic rings. The van der Waals surface area contributed by atoms with Gasteiger partial charge in [-0.05, 0) is 29.0 Å². The van der Waals surface area contributed by atoms with E-state index in [0.717, 1.165) is 10.8 Å². The fraction of sp³-hybridized carbons (Fsp3) is 0.0588. The summed E-state index contributed by atoms with van der Waals surface area (Å²) in [6, 6.07) is 14.7. The first kappa shape index (κ1) is 13.1. The van der Waals surface area contributed by atoms with Gasteiger partial charge in [0.1, 0.15) is 5.75 Å². The SMILES string of the molecule is O=C(NCc1c(O)ccc2ccccc12)c1cccnc1. The quantitative estimate of drug-likeness (QED) is 0.774. The first-order chi connectivity index (χ1) is 10.3. The molecule has 3 rings (SSSR count). The van der Waals surface area contributed by atoms with Gasteiger partial charge in [0.15, 0.2) is 0 Å². The summed E-state index contributed by atoms with van der Waals surface area (Å²) in [5, 5.41) is 14.8. The van der Waals surface area contributed by atoms with Crippen LogP contribution in [-0.4, -0.2) is 16.0 Å². The van der Waals surface area contributed by atoms with Crippen molar-refractivity contribution in [2.45, 2.75) is 6.54 Å². The first-order valence-corrected chi connectivity index (χ1v) is 6.63. The van der Waals surface area contributed by atoms with Crippen LogP contribution in [0.15, 0.2) is 60.9 Å². The van der Waals surface area contributed by atoms with Crippen LogP contribution in [0.1, 0.15) is 15.9 Å². The van der Waals surface area contributed by atoms with Crippen molar-refractivity contribution in [3.05, 3.63) is 72.1 Å². The van der Waals surface area contributed by atoms with Gasteiger partial charge < -0.3 is 10.4 Å². The van der Waals surface area contributed by atoms with Crippen molar-refractivity contribution >= 4 is 16.7 Å². The number of phenolic OH excluding ortho intramolecular Hbond substituents is 1. The van der Waals surface area contributed by atoms with E-state index in [2.05, 4.69) is 10.3 Å². The summed E-state index contributed by atoms with van der Waals surface area (Å²) < 4.78 is 0. The van der Waals surface area contributed by atoms with E-state index in [1.165, 1.54) is 6.20 Å². The summed E-state index contributed by atoms with van der Waals surface area (Å²) in [5.41, 5.74) is 1.21. The van der Waals surface area contributed by atoms with E-state index in [0.29, 0.717) is 11.1 Å². The minimum atomic E-state index is -0.213. The molecule has 0 fully saturated rings. The number of pyridine rings is 1. The highest BCUT2D eigenvalue weighted by atomic mass is 16.3. The third kappa shape index (κ3) is 2.69. The van der Waals surface area contributed by atoms with E-state index >= 15 is 0 Å². The Labute approximate surface area is 122 Å². The summed E-state index contributed by atoms with van der Waals surface area (Å²) in [4.78, 5) is 16.0. The number of aromatic nitrogens is 1. The zero-order valence-corrected chi connectivity index (χ0v) is 11.3. The fourth-order valence-corrected chi connectivity index (χ4v) is 2.28. The lowest BCUT2D eigenvalue weighted by atomic mass is 10.0. The van der Waals surface area contributed by atoms with E-state index in [4.69, 9.17) is 0 Å². The largest absolute Gasteiger partial charge is 0.508 e. The fourth-order valence-electron chi connectivity index (χ4n) is 2.28. The lowest BCUT2D eigenvalue weighted by Crippen LogP contribution is -2.23. The molecule has 2 N–H and O–H groups in total. The van der Waals surface area contributed by atoms with Crippen LogP contribution in [0.25, 0.3) is 10.8 Å². The van der Waals surface area contributed by atoms with Gasteiger partial charge in [-0.25, -0.2) is 0 Å². The molecular weight excluding hydrogens is 264 g/mol. The molecular formula is C17H14N2O2. The van der Waals surface area contributed by atoms with Crippen molar-refractivity contribution in [3.8, 4) is 5.75 Å². The standard InChI is InChI=1S/C17H14N2O2/c20-16-8-7-12-4-1-2-6-14(12)15(16)11-19-17(21)13-5-3-9-18-10-13/h1-10,20H,11H2,(H,19,21). The number of phenols is 1. The second-order valence-corrected chi connectivity index (χ2v) is 4.71. The molecule has 0 unspecified atom stereocenters. The van der Waals surface area contributed by atoms with E-state index in [1.807, 2.05) is 30.3 Å². The minimum absolute atomic E-state index is 0.181. The topological polar surface area (TPSA) is 62.2 Å². The smallest absolute Gasteiger partial charge is 0.253 e. The molecule has 21 heavy (non-hydrogen) atoms.